The van der Waals surface area contributed by atoms with Crippen LogP contribution in [0.15, 0.2) is 18.2 Å². The minimum Gasteiger partial charge on any atom is -0.496 e. The maximum absolute atomic E-state index is 10.7. The van der Waals surface area contributed by atoms with Gasteiger partial charge in [-0.1, -0.05) is 0 Å². The molecule has 0 saturated heterocycles. The Hall–Kier alpha value is -1.55. The zero-order chi connectivity index (χ0) is 10.6. The van der Waals surface area contributed by atoms with Crippen LogP contribution in [0.1, 0.15) is 15.9 Å². The first-order valence-electron chi connectivity index (χ1n) is 4.29. The van der Waals surface area contributed by atoms with Crippen molar-refractivity contribution in [2.24, 2.45) is 5.73 Å². The van der Waals surface area contributed by atoms with E-state index in [4.69, 9.17) is 15.6 Å². The van der Waals surface area contributed by atoms with Gasteiger partial charge >= 0.3 is 5.97 Å². The van der Waals surface area contributed by atoms with E-state index in [0.29, 0.717) is 18.7 Å². The molecule has 14 heavy (non-hydrogen) atoms. The highest BCUT2D eigenvalue weighted by Gasteiger charge is 2.07. The average molecular weight is 195 g/mol. The van der Waals surface area contributed by atoms with Crippen LogP contribution in [0, 0.1) is 0 Å². The molecule has 4 heteroatoms. The Morgan fingerprint density at radius 3 is 2.79 bits per heavy atom. The van der Waals surface area contributed by atoms with E-state index in [2.05, 4.69) is 0 Å². The first-order valence-corrected chi connectivity index (χ1v) is 4.29. The van der Waals surface area contributed by atoms with Crippen molar-refractivity contribution in [1.82, 2.24) is 0 Å². The second-order valence-electron chi connectivity index (χ2n) is 2.87. The standard InChI is InChI=1S/C10H13NO3/c1-14-9-3-2-8(10(12)13)6-7(9)4-5-11/h2-3,6H,4-5,11H2,1H3,(H,12,13). The normalized spacial score (nSPS) is 9.86. The molecular weight excluding hydrogens is 182 g/mol. The number of benzene rings is 1. The fourth-order valence-electron chi connectivity index (χ4n) is 1.26. The summed E-state index contributed by atoms with van der Waals surface area (Å²) >= 11 is 0. The van der Waals surface area contributed by atoms with E-state index in [9.17, 15) is 4.79 Å². The lowest BCUT2D eigenvalue weighted by Crippen LogP contribution is -2.06. The second kappa shape index (κ2) is 4.62. The van der Waals surface area contributed by atoms with Gasteiger partial charge in [0.2, 0.25) is 0 Å². The van der Waals surface area contributed by atoms with E-state index in [1.165, 1.54) is 6.07 Å². The summed E-state index contributed by atoms with van der Waals surface area (Å²) in [6.07, 6.45) is 0.615. The Labute approximate surface area is 82.3 Å². The highest BCUT2D eigenvalue weighted by molar-refractivity contribution is 5.88. The third kappa shape index (κ3) is 2.23. The van der Waals surface area contributed by atoms with Crippen LogP contribution in [0.4, 0.5) is 0 Å². The zero-order valence-electron chi connectivity index (χ0n) is 7.99. The van der Waals surface area contributed by atoms with Crippen LogP contribution >= 0.6 is 0 Å². The van der Waals surface area contributed by atoms with Crippen LogP contribution in [0.25, 0.3) is 0 Å². The molecule has 0 bridgehead atoms. The molecule has 0 saturated carbocycles. The van der Waals surface area contributed by atoms with Crippen molar-refractivity contribution in [2.75, 3.05) is 13.7 Å². The molecule has 4 nitrogen and oxygen atoms in total. The Kier molecular flexibility index (Phi) is 3.48. The SMILES string of the molecule is COc1ccc(C(=O)O)cc1CCN. The van der Waals surface area contributed by atoms with E-state index >= 15 is 0 Å². The maximum Gasteiger partial charge on any atom is 0.335 e. The minimum absolute atomic E-state index is 0.259. The summed E-state index contributed by atoms with van der Waals surface area (Å²) in [6, 6.07) is 4.75. The summed E-state index contributed by atoms with van der Waals surface area (Å²) in [5.74, 6) is -0.258. The van der Waals surface area contributed by atoms with Crippen molar-refractivity contribution >= 4 is 5.97 Å². The molecule has 0 aliphatic heterocycles. The summed E-state index contributed by atoms with van der Waals surface area (Å²) in [4.78, 5) is 10.7. The van der Waals surface area contributed by atoms with Gasteiger partial charge in [0.15, 0.2) is 0 Å². The second-order valence-corrected chi connectivity index (χ2v) is 2.87. The summed E-state index contributed by atoms with van der Waals surface area (Å²) in [5.41, 5.74) is 6.49. The summed E-state index contributed by atoms with van der Waals surface area (Å²) in [6.45, 7) is 0.472. The Balaban J connectivity index is 3.07. The molecule has 1 aromatic carbocycles. The van der Waals surface area contributed by atoms with Gasteiger partial charge in [-0.2, -0.15) is 0 Å². The van der Waals surface area contributed by atoms with E-state index in [1.54, 1.807) is 19.2 Å². The summed E-state index contributed by atoms with van der Waals surface area (Å²) < 4.78 is 5.08. The van der Waals surface area contributed by atoms with Crippen molar-refractivity contribution in [3.8, 4) is 5.75 Å². The molecule has 0 spiro atoms. The number of carboxylic acid groups (broad SMARTS) is 1. The summed E-state index contributed by atoms with van der Waals surface area (Å²) in [5, 5.41) is 8.77. The Morgan fingerprint density at radius 2 is 2.29 bits per heavy atom. The van der Waals surface area contributed by atoms with Crippen molar-refractivity contribution < 1.29 is 14.6 Å². The molecule has 3 N–H and O–H groups in total. The van der Waals surface area contributed by atoms with Gasteiger partial charge in [-0.15, -0.1) is 0 Å². The van der Waals surface area contributed by atoms with Gasteiger partial charge in [0.05, 0.1) is 12.7 Å². The zero-order valence-corrected chi connectivity index (χ0v) is 7.99. The number of carboxylic acids is 1. The van der Waals surface area contributed by atoms with Crippen LogP contribution in [0.3, 0.4) is 0 Å². The lowest BCUT2D eigenvalue weighted by molar-refractivity contribution is 0.0696. The Bertz CT molecular complexity index is 336. The minimum atomic E-state index is -0.939. The molecule has 0 amide bonds. The molecule has 0 aliphatic rings. The smallest absolute Gasteiger partial charge is 0.335 e. The lowest BCUT2D eigenvalue weighted by Gasteiger charge is -2.07. The highest BCUT2D eigenvalue weighted by Crippen LogP contribution is 2.20. The van der Waals surface area contributed by atoms with Gasteiger partial charge in [0, 0.05) is 0 Å². The maximum atomic E-state index is 10.7. The number of nitrogens with two attached hydrogens (primary N) is 1. The first kappa shape index (κ1) is 10.5. The molecular formula is C10H13NO3. The highest BCUT2D eigenvalue weighted by atomic mass is 16.5. The van der Waals surface area contributed by atoms with Crippen molar-refractivity contribution in [2.45, 2.75) is 6.42 Å². The molecule has 76 valence electrons. The van der Waals surface area contributed by atoms with Crippen molar-refractivity contribution in [1.29, 1.82) is 0 Å². The van der Waals surface area contributed by atoms with Gasteiger partial charge in [-0.3, -0.25) is 0 Å². The molecule has 0 radical (unpaired) electrons. The van der Waals surface area contributed by atoms with Gasteiger partial charge in [-0.25, -0.2) is 4.79 Å². The number of carbonyl (C=O) groups is 1. The van der Waals surface area contributed by atoms with Crippen LogP contribution in [-0.4, -0.2) is 24.7 Å². The molecule has 1 rings (SSSR count). The third-order valence-corrected chi connectivity index (χ3v) is 1.94. The van der Waals surface area contributed by atoms with Crippen LogP contribution in [-0.2, 0) is 6.42 Å². The Morgan fingerprint density at radius 1 is 1.57 bits per heavy atom. The van der Waals surface area contributed by atoms with Gasteiger partial charge in [0.1, 0.15) is 5.75 Å². The van der Waals surface area contributed by atoms with E-state index in [-0.39, 0.29) is 5.56 Å². The topological polar surface area (TPSA) is 72.5 Å². The molecule has 0 unspecified atom stereocenters. The van der Waals surface area contributed by atoms with Crippen LogP contribution < -0.4 is 10.5 Å². The fourth-order valence-corrected chi connectivity index (χ4v) is 1.26. The summed E-state index contributed by atoms with van der Waals surface area (Å²) in [7, 11) is 1.55. The average Bonchev–Trinajstić information content (AvgIpc) is 2.18. The van der Waals surface area contributed by atoms with Gasteiger partial charge in [-0.05, 0) is 36.7 Å². The van der Waals surface area contributed by atoms with Crippen LogP contribution in [0.2, 0.25) is 0 Å². The predicted molar refractivity (Wildman–Crippen MR) is 52.7 cm³/mol. The number of hydrogen-bond donors (Lipinski definition) is 2. The number of hydrogen-bond acceptors (Lipinski definition) is 3. The molecule has 1 aromatic rings. The quantitative estimate of drug-likeness (QED) is 0.748. The van der Waals surface area contributed by atoms with E-state index in [0.717, 1.165) is 5.56 Å². The lowest BCUT2D eigenvalue weighted by atomic mass is 10.1. The van der Waals surface area contributed by atoms with Gasteiger partial charge in [0.25, 0.3) is 0 Å². The molecule has 0 aromatic heterocycles. The van der Waals surface area contributed by atoms with E-state index in [1.807, 2.05) is 0 Å². The molecule has 0 fully saturated rings. The van der Waals surface area contributed by atoms with E-state index < -0.39 is 5.97 Å². The number of aromatic carboxylic acids is 1. The largest absolute Gasteiger partial charge is 0.496 e. The third-order valence-electron chi connectivity index (χ3n) is 1.94. The molecule has 0 aliphatic carbocycles. The van der Waals surface area contributed by atoms with Crippen molar-refractivity contribution in [3.05, 3.63) is 29.3 Å². The van der Waals surface area contributed by atoms with Crippen LogP contribution in [0.5, 0.6) is 5.75 Å². The number of methoxy groups -OCH3 is 1. The number of ether oxygens (including phenoxy) is 1. The van der Waals surface area contributed by atoms with Crippen molar-refractivity contribution in [3.63, 3.8) is 0 Å². The fraction of sp³-hybridized carbons (Fsp3) is 0.300. The number of rotatable bonds is 4. The molecule has 0 atom stereocenters. The van der Waals surface area contributed by atoms with Gasteiger partial charge < -0.3 is 15.6 Å². The predicted octanol–water partition coefficient (Wildman–Crippen LogP) is 0.895. The monoisotopic (exact) mass is 195 g/mol. The first-order chi connectivity index (χ1) is 6.69. The molecule has 0 heterocycles.